The number of benzene rings is 1. The number of aryl methyl sites for hydroxylation is 1. The van der Waals surface area contributed by atoms with E-state index in [9.17, 15) is 4.79 Å². The molecule has 20 heavy (non-hydrogen) atoms. The summed E-state index contributed by atoms with van der Waals surface area (Å²) in [5, 5.41) is 11.3. The van der Waals surface area contributed by atoms with Crippen LogP contribution in [-0.2, 0) is 9.53 Å². The molecular weight excluding hydrogens is 258 g/mol. The van der Waals surface area contributed by atoms with Crippen LogP contribution in [0.25, 0.3) is 0 Å². The molecule has 0 aliphatic heterocycles. The molecule has 0 fully saturated rings. The second-order valence-corrected chi connectivity index (χ2v) is 4.55. The van der Waals surface area contributed by atoms with E-state index >= 15 is 0 Å². The number of nitrogens with one attached hydrogen (secondary N) is 1. The van der Waals surface area contributed by atoms with Crippen molar-refractivity contribution in [2.45, 2.75) is 26.4 Å². The number of aliphatic hydroxyl groups excluding tert-OH is 1. The molecule has 0 aliphatic rings. The van der Waals surface area contributed by atoms with Crippen molar-refractivity contribution >= 4 is 5.91 Å². The number of amides is 1. The SMILES string of the molecule is Cc1ccc(OC(C)C(=O)NCCCOCCO)cc1. The Morgan fingerprint density at radius 2 is 2.00 bits per heavy atom. The summed E-state index contributed by atoms with van der Waals surface area (Å²) in [6, 6.07) is 7.58. The molecule has 5 heteroatoms. The van der Waals surface area contributed by atoms with Crippen LogP contribution in [0.5, 0.6) is 5.75 Å². The van der Waals surface area contributed by atoms with Crippen molar-refractivity contribution in [1.29, 1.82) is 0 Å². The minimum atomic E-state index is -0.531. The number of carbonyl (C=O) groups is 1. The summed E-state index contributed by atoms with van der Waals surface area (Å²) >= 11 is 0. The van der Waals surface area contributed by atoms with E-state index < -0.39 is 6.10 Å². The molecule has 1 rings (SSSR count). The lowest BCUT2D eigenvalue weighted by atomic mass is 10.2. The van der Waals surface area contributed by atoms with Gasteiger partial charge in [-0.15, -0.1) is 0 Å². The highest BCUT2D eigenvalue weighted by molar-refractivity contribution is 5.80. The first-order valence-electron chi connectivity index (χ1n) is 6.83. The third kappa shape index (κ3) is 6.54. The van der Waals surface area contributed by atoms with Gasteiger partial charge in [0.05, 0.1) is 13.2 Å². The zero-order chi connectivity index (χ0) is 14.8. The van der Waals surface area contributed by atoms with Crippen LogP contribution in [-0.4, -0.2) is 43.5 Å². The average molecular weight is 281 g/mol. The van der Waals surface area contributed by atoms with Crippen LogP contribution in [0.15, 0.2) is 24.3 Å². The number of carbonyl (C=O) groups excluding carboxylic acids is 1. The maximum absolute atomic E-state index is 11.8. The van der Waals surface area contributed by atoms with E-state index in [-0.39, 0.29) is 12.5 Å². The first kappa shape index (κ1) is 16.5. The number of hydrogen-bond donors (Lipinski definition) is 2. The highest BCUT2D eigenvalue weighted by atomic mass is 16.5. The van der Waals surface area contributed by atoms with Crippen molar-refractivity contribution in [2.75, 3.05) is 26.4 Å². The Morgan fingerprint density at radius 1 is 1.30 bits per heavy atom. The van der Waals surface area contributed by atoms with E-state index in [4.69, 9.17) is 14.6 Å². The number of ether oxygens (including phenoxy) is 2. The van der Waals surface area contributed by atoms with Crippen LogP contribution in [0.4, 0.5) is 0 Å². The molecule has 1 aromatic rings. The van der Waals surface area contributed by atoms with Gasteiger partial charge in [-0.2, -0.15) is 0 Å². The van der Waals surface area contributed by atoms with Gasteiger partial charge in [-0.3, -0.25) is 4.79 Å². The first-order valence-corrected chi connectivity index (χ1v) is 6.83. The summed E-state index contributed by atoms with van der Waals surface area (Å²) in [6.07, 6.45) is 0.180. The van der Waals surface area contributed by atoms with Gasteiger partial charge in [-0.25, -0.2) is 0 Å². The molecule has 0 saturated heterocycles. The second kappa shape index (κ2) is 9.34. The molecule has 0 spiro atoms. The summed E-state index contributed by atoms with van der Waals surface area (Å²) < 4.78 is 10.6. The van der Waals surface area contributed by atoms with E-state index in [0.717, 1.165) is 5.56 Å². The Balaban J connectivity index is 2.20. The smallest absolute Gasteiger partial charge is 0.260 e. The predicted octanol–water partition coefficient (Wildman–Crippen LogP) is 1.28. The number of rotatable bonds is 9. The standard InChI is InChI=1S/C15H23NO4/c1-12-4-6-14(7-5-12)20-13(2)15(18)16-8-3-10-19-11-9-17/h4-7,13,17H,3,8-11H2,1-2H3,(H,16,18). The molecule has 1 amide bonds. The second-order valence-electron chi connectivity index (χ2n) is 4.55. The van der Waals surface area contributed by atoms with Gasteiger partial charge in [0.2, 0.25) is 0 Å². The molecule has 1 aromatic carbocycles. The maximum Gasteiger partial charge on any atom is 0.260 e. The van der Waals surface area contributed by atoms with Crippen molar-refractivity contribution in [1.82, 2.24) is 5.32 Å². The largest absolute Gasteiger partial charge is 0.481 e. The summed E-state index contributed by atoms with van der Waals surface area (Å²) in [7, 11) is 0. The molecule has 0 aromatic heterocycles. The zero-order valence-corrected chi connectivity index (χ0v) is 12.1. The fraction of sp³-hybridized carbons (Fsp3) is 0.533. The maximum atomic E-state index is 11.8. The van der Waals surface area contributed by atoms with Crippen LogP contribution in [0.1, 0.15) is 18.9 Å². The summed E-state index contributed by atoms with van der Waals surface area (Å²) in [5.41, 5.74) is 1.15. The van der Waals surface area contributed by atoms with E-state index in [2.05, 4.69) is 5.32 Å². The lowest BCUT2D eigenvalue weighted by Crippen LogP contribution is -2.37. The van der Waals surface area contributed by atoms with Crippen LogP contribution < -0.4 is 10.1 Å². The highest BCUT2D eigenvalue weighted by Crippen LogP contribution is 2.13. The van der Waals surface area contributed by atoms with Gasteiger partial charge in [-0.05, 0) is 32.4 Å². The van der Waals surface area contributed by atoms with Crippen LogP contribution >= 0.6 is 0 Å². The molecule has 1 unspecified atom stereocenters. The Kier molecular flexibility index (Phi) is 7.69. The topological polar surface area (TPSA) is 67.8 Å². The van der Waals surface area contributed by atoms with Gasteiger partial charge in [0, 0.05) is 13.2 Å². The van der Waals surface area contributed by atoms with Crippen molar-refractivity contribution < 1.29 is 19.4 Å². The third-order valence-corrected chi connectivity index (χ3v) is 2.70. The zero-order valence-electron chi connectivity index (χ0n) is 12.1. The van der Waals surface area contributed by atoms with Gasteiger partial charge < -0.3 is 19.9 Å². The fourth-order valence-corrected chi connectivity index (χ4v) is 1.57. The van der Waals surface area contributed by atoms with Crippen molar-refractivity contribution in [2.24, 2.45) is 0 Å². The quantitative estimate of drug-likeness (QED) is 0.669. The molecule has 0 bridgehead atoms. The minimum absolute atomic E-state index is 0.0216. The molecule has 1 atom stereocenters. The number of hydrogen-bond acceptors (Lipinski definition) is 4. The Hall–Kier alpha value is -1.59. The Bertz CT molecular complexity index is 391. The first-order chi connectivity index (χ1) is 9.63. The predicted molar refractivity (Wildman–Crippen MR) is 76.8 cm³/mol. The van der Waals surface area contributed by atoms with Gasteiger partial charge >= 0.3 is 0 Å². The minimum Gasteiger partial charge on any atom is -0.481 e. The Labute approximate surface area is 119 Å². The molecule has 2 N–H and O–H groups in total. The lowest BCUT2D eigenvalue weighted by molar-refractivity contribution is -0.127. The molecule has 0 heterocycles. The normalized spacial score (nSPS) is 11.9. The fourth-order valence-electron chi connectivity index (χ4n) is 1.57. The van der Waals surface area contributed by atoms with Crippen LogP contribution in [0, 0.1) is 6.92 Å². The van der Waals surface area contributed by atoms with Crippen LogP contribution in [0.2, 0.25) is 0 Å². The van der Waals surface area contributed by atoms with Gasteiger partial charge in [0.15, 0.2) is 6.10 Å². The third-order valence-electron chi connectivity index (χ3n) is 2.70. The summed E-state index contributed by atoms with van der Waals surface area (Å²) in [6.45, 7) is 5.13. The van der Waals surface area contributed by atoms with E-state index in [1.54, 1.807) is 6.92 Å². The van der Waals surface area contributed by atoms with E-state index in [1.165, 1.54) is 0 Å². The van der Waals surface area contributed by atoms with Gasteiger partial charge in [-0.1, -0.05) is 17.7 Å². The molecule has 0 radical (unpaired) electrons. The molecule has 5 nitrogen and oxygen atoms in total. The lowest BCUT2D eigenvalue weighted by Gasteiger charge is -2.14. The molecular formula is C15H23NO4. The monoisotopic (exact) mass is 281 g/mol. The highest BCUT2D eigenvalue weighted by Gasteiger charge is 2.13. The summed E-state index contributed by atoms with van der Waals surface area (Å²) in [5.74, 6) is 0.539. The molecule has 0 saturated carbocycles. The van der Waals surface area contributed by atoms with E-state index in [0.29, 0.717) is 31.9 Å². The Morgan fingerprint density at radius 3 is 2.65 bits per heavy atom. The van der Waals surface area contributed by atoms with Gasteiger partial charge in [0.1, 0.15) is 5.75 Å². The number of aliphatic hydroxyl groups is 1. The summed E-state index contributed by atoms with van der Waals surface area (Å²) in [4.78, 5) is 11.8. The van der Waals surface area contributed by atoms with Gasteiger partial charge in [0.25, 0.3) is 5.91 Å². The van der Waals surface area contributed by atoms with E-state index in [1.807, 2.05) is 31.2 Å². The van der Waals surface area contributed by atoms with Crippen molar-refractivity contribution in [3.05, 3.63) is 29.8 Å². The average Bonchev–Trinajstić information content (AvgIpc) is 2.45. The molecule has 0 aliphatic carbocycles. The van der Waals surface area contributed by atoms with Crippen molar-refractivity contribution in [3.8, 4) is 5.75 Å². The molecule has 112 valence electrons. The van der Waals surface area contributed by atoms with Crippen LogP contribution in [0.3, 0.4) is 0 Å². The van der Waals surface area contributed by atoms with Crippen molar-refractivity contribution in [3.63, 3.8) is 0 Å².